The van der Waals surface area contributed by atoms with Crippen molar-refractivity contribution in [3.8, 4) is 0 Å². The summed E-state index contributed by atoms with van der Waals surface area (Å²) in [6.07, 6.45) is 0.231. The summed E-state index contributed by atoms with van der Waals surface area (Å²) in [5.41, 5.74) is 2.31. The van der Waals surface area contributed by atoms with E-state index in [1.165, 1.54) is 5.56 Å². The molecule has 2 N–H and O–H groups in total. The maximum Gasteiger partial charge on any atom is 0.244 e. The van der Waals surface area contributed by atoms with Crippen LogP contribution in [-0.2, 0) is 9.59 Å². The molecule has 0 bridgehead atoms. The SMILES string of the molecule is Cc1cccc([C@@H](C)NC2CC(=O)NC2=O)c1. The molecule has 1 saturated heterocycles. The topological polar surface area (TPSA) is 58.2 Å². The summed E-state index contributed by atoms with van der Waals surface area (Å²) in [4.78, 5) is 22.5. The van der Waals surface area contributed by atoms with Crippen LogP contribution in [0.2, 0.25) is 0 Å². The lowest BCUT2D eigenvalue weighted by Gasteiger charge is -2.17. The van der Waals surface area contributed by atoms with E-state index in [0.29, 0.717) is 0 Å². The number of carbonyl (C=O) groups excluding carboxylic acids is 2. The van der Waals surface area contributed by atoms with Gasteiger partial charge in [0.05, 0.1) is 12.5 Å². The molecule has 4 heteroatoms. The molecule has 2 atom stereocenters. The summed E-state index contributed by atoms with van der Waals surface area (Å²) in [5, 5.41) is 5.46. The molecule has 17 heavy (non-hydrogen) atoms. The van der Waals surface area contributed by atoms with E-state index in [9.17, 15) is 9.59 Å². The van der Waals surface area contributed by atoms with Crippen molar-refractivity contribution < 1.29 is 9.59 Å². The lowest BCUT2D eigenvalue weighted by molar-refractivity contribution is -0.125. The minimum atomic E-state index is -0.405. The molecule has 0 aliphatic carbocycles. The van der Waals surface area contributed by atoms with Crippen molar-refractivity contribution >= 4 is 11.8 Å². The maximum absolute atomic E-state index is 11.4. The Morgan fingerprint density at radius 2 is 2.18 bits per heavy atom. The number of rotatable bonds is 3. The molecular weight excluding hydrogens is 216 g/mol. The summed E-state index contributed by atoms with van der Waals surface area (Å²) in [6, 6.07) is 7.76. The van der Waals surface area contributed by atoms with Gasteiger partial charge in [-0.05, 0) is 19.4 Å². The smallest absolute Gasteiger partial charge is 0.244 e. The Morgan fingerprint density at radius 1 is 1.41 bits per heavy atom. The lowest BCUT2D eigenvalue weighted by atomic mass is 10.0. The minimum absolute atomic E-state index is 0.0524. The van der Waals surface area contributed by atoms with Gasteiger partial charge < -0.3 is 0 Å². The first kappa shape index (κ1) is 11.8. The van der Waals surface area contributed by atoms with Crippen LogP contribution in [-0.4, -0.2) is 17.9 Å². The van der Waals surface area contributed by atoms with Gasteiger partial charge >= 0.3 is 0 Å². The van der Waals surface area contributed by atoms with Gasteiger partial charge in [0.15, 0.2) is 0 Å². The lowest BCUT2D eigenvalue weighted by Crippen LogP contribution is -2.37. The van der Waals surface area contributed by atoms with E-state index in [1.807, 2.05) is 32.0 Å². The summed E-state index contributed by atoms with van der Waals surface area (Å²) in [7, 11) is 0. The van der Waals surface area contributed by atoms with Crippen molar-refractivity contribution in [2.24, 2.45) is 0 Å². The fourth-order valence-electron chi connectivity index (χ4n) is 2.03. The van der Waals surface area contributed by atoms with Crippen LogP contribution in [0.5, 0.6) is 0 Å². The third-order valence-corrected chi connectivity index (χ3v) is 2.96. The number of benzene rings is 1. The van der Waals surface area contributed by atoms with Crippen LogP contribution < -0.4 is 10.6 Å². The second-order valence-corrected chi connectivity index (χ2v) is 4.47. The van der Waals surface area contributed by atoms with Crippen LogP contribution in [0.25, 0.3) is 0 Å². The van der Waals surface area contributed by atoms with E-state index < -0.39 is 6.04 Å². The summed E-state index contributed by atoms with van der Waals surface area (Å²) in [5.74, 6) is -0.432. The zero-order valence-electron chi connectivity index (χ0n) is 9.99. The van der Waals surface area contributed by atoms with Gasteiger partial charge in [-0.25, -0.2) is 0 Å². The van der Waals surface area contributed by atoms with Crippen LogP contribution >= 0.6 is 0 Å². The number of carbonyl (C=O) groups is 2. The van der Waals surface area contributed by atoms with E-state index in [-0.39, 0.29) is 24.3 Å². The van der Waals surface area contributed by atoms with Gasteiger partial charge in [0.2, 0.25) is 11.8 Å². The molecule has 1 aromatic rings. The number of hydrogen-bond acceptors (Lipinski definition) is 3. The number of nitrogens with one attached hydrogen (secondary N) is 2. The van der Waals surface area contributed by atoms with Crippen molar-refractivity contribution in [3.05, 3.63) is 35.4 Å². The fourth-order valence-corrected chi connectivity index (χ4v) is 2.03. The average molecular weight is 232 g/mol. The molecule has 0 radical (unpaired) electrons. The zero-order valence-corrected chi connectivity index (χ0v) is 9.99. The largest absolute Gasteiger partial charge is 0.299 e. The van der Waals surface area contributed by atoms with Gasteiger partial charge in [-0.3, -0.25) is 20.2 Å². The van der Waals surface area contributed by atoms with E-state index >= 15 is 0 Å². The number of hydrogen-bond donors (Lipinski definition) is 2. The Bertz CT molecular complexity index is 456. The average Bonchev–Trinajstić information content (AvgIpc) is 2.57. The minimum Gasteiger partial charge on any atom is -0.299 e. The molecule has 1 aliphatic rings. The number of amides is 2. The molecule has 0 spiro atoms. The fraction of sp³-hybridized carbons (Fsp3) is 0.385. The molecular formula is C13H16N2O2. The molecule has 2 rings (SSSR count). The molecule has 1 heterocycles. The Balaban J connectivity index is 2.04. The van der Waals surface area contributed by atoms with E-state index in [4.69, 9.17) is 0 Å². The Hall–Kier alpha value is -1.68. The van der Waals surface area contributed by atoms with Crippen LogP contribution in [0.4, 0.5) is 0 Å². The molecule has 1 fully saturated rings. The molecule has 0 saturated carbocycles. The maximum atomic E-state index is 11.4. The normalized spacial score (nSPS) is 21.4. The Morgan fingerprint density at radius 3 is 2.76 bits per heavy atom. The molecule has 4 nitrogen and oxygen atoms in total. The van der Waals surface area contributed by atoms with E-state index in [2.05, 4.69) is 16.7 Å². The molecule has 1 aromatic carbocycles. The van der Waals surface area contributed by atoms with Gasteiger partial charge in [0.25, 0.3) is 0 Å². The first-order valence-corrected chi connectivity index (χ1v) is 5.72. The van der Waals surface area contributed by atoms with Crippen molar-refractivity contribution in [3.63, 3.8) is 0 Å². The Kier molecular flexibility index (Phi) is 3.24. The first-order valence-electron chi connectivity index (χ1n) is 5.72. The second kappa shape index (κ2) is 4.67. The third kappa shape index (κ3) is 2.71. The van der Waals surface area contributed by atoms with Gasteiger partial charge in [-0.1, -0.05) is 29.8 Å². The summed E-state index contributed by atoms with van der Waals surface area (Å²) >= 11 is 0. The molecule has 0 aromatic heterocycles. The van der Waals surface area contributed by atoms with Crippen molar-refractivity contribution in [2.45, 2.75) is 32.4 Å². The van der Waals surface area contributed by atoms with Gasteiger partial charge in [-0.2, -0.15) is 0 Å². The van der Waals surface area contributed by atoms with Crippen LogP contribution in [0.1, 0.15) is 30.5 Å². The Labute approximate surface area is 100 Å². The van der Waals surface area contributed by atoms with Crippen molar-refractivity contribution in [1.29, 1.82) is 0 Å². The molecule has 90 valence electrons. The van der Waals surface area contributed by atoms with Crippen molar-refractivity contribution in [1.82, 2.24) is 10.6 Å². The van der Waals surface area contributed by atoms with Gasteiger partial charge in [-0.15, -0.1) is 0 Å². The predicted octanol–water partition coefficient (Wildman–Crippen LogP) is 1.06. The third-order valence-electron chi connectivity index (χ3n) is 2.96. The first-order chi connectivity index (χ1) is 8.06. The highest BCUT2D eigenvalue weighted by molar-refractivity contribution is 6.05. The highest BCUT2D eigenvalue weighted by Crippen LogP contribution is 2.16. The van der Waals surface area contributed by atoms with Gasteiger partial charge in [0, 0.05) is 6.04 Å². The molecule has 2 amide bonds. The quantitative estimate of drug-likeness (QED) is 0.766. The highest BCUT2D eigenvalue weighted by Gasteiger charge is 2.31. The standard InChI is InChI=1S/C13H16N2O2/c1-8-4-3-5-10(6-8)9(2)14-11-7-12(16)15-13(11)17/h3-6,9,11,14H,7H2,1-2H3,(H,15,16,17)/t9-,11?/m1/s1. The van der Waals surface area contributed by atoms with Gasteiger partial charge in [0.1, 0.15) is 0 Å². The van der Waals surface area contributed by atoms with Crippen molar-refractivity contribution in [2.75, 3.05) is 0 Å². The van der Waals surface area contributed by atoms with Crippen LogP contribution in [0.15, 0.2) is 24.3 Å². The van der Waals surface area contributed by atoms with E-state index in [1.54, 1.807) is 0 Å². The summed E-state index contributed by atoms with van der Waals surface area (Å²) < 4.78 is 0. The molecule has 1 unspecified atom stereocenters. The predicted molar refractivity (Wildman–Crippen MR) is 64.3 cm³/mol. The number of aryl methyl sites for hydroxylation is 1. The van der Waals surface area contributed by atoms with Crippen LogP contribution in [0.3, 0.4) is 0 Å². The number of imide groups is 1. The van der Waals surface area contributed by atoms with Crippen LogP contribution in [0, 0.1) is 6.92 Å². The second-order valence-electron chi connectivity index (χ2n) is 4.47. The zero-order chi connectivity index (χ0) is 12.4. The monoisotopic (exact) mass is 232 g/mol. The molecule has 1 aliphatic heterocycles. The van der Waals surface area contributed by atoms with E-state index in [0.717, 1.165) is 5.56 Å². The highest BCUT2D eigenvalue weighted by atomic mass is 16.2. The summed E-state index contributed by atoms with van der Waals surface area (Å²) in [6.45, 7) is 4.02.